The van der Waals surface area contributed by atoms with Crippen LogP contribution in [0.4, 0.5) is 13.2 Å². The number of hydrogen-bond donors (Lipinski definition) is 2. The third-order valence-corrected chi connectivity index (χ3v) is 5.30. The Kier molecular flexibility index (Phi) is 5.42. The summed E-state index contributed by atoms with van der Waals surface area (Å²) in [5.41, 5.74) is 0.0883. The van der Waals surface area contributed by atoms with Crippen LogP contribution in [0.25, 0.3) is 11.1 Å². The summed E-state index contributed by atoms with van der Waals surface area (Å²) >= 11 is 0. The molecule has 0 aliphatic carbocycles. The zero-order valence-electron chi connectivity index (χ0n) is 16.4. The fraction of sp³-hybridized carbons (Fsp3) is 0.130. The van der Waals surface area contributed by atoms with Crippen molar-refractivity contribution in [2.24, 2.45) is 0 Å². The van der Waals surface area contributed by atoms with Gasteiger partial charge in [-0.1, -0.05) is 18.2 Å². The maximum Gasteiger partial charge on any atom is 0.416 e. The Morgan fingerprint density at radius 1 is 0.969 bits per heavy atom. The fourth-order valence-electron chi connectivity index (χ4n) is 3.86. The average molecular weight is 437 g/mol. The SMILES string of the molecule is N=C=C1C(=O)NC(=O)[C@H]([n+]2ccc(-c3ccncc3)cc2)[C@H]1c1ccccc1C(F)(F)F. The summed E-state index contributed by atoms with van der Waals surface area (Å²) in [7, 11) is 0. The maximum absolute atomic E-state index is 13.7. The molecule has 0 radical (unpaired) electrons. The first-order valence-corrected chi connectivity index (χ1v) is 9.53. The van der Waals surface area contributed by atoms with E-state index in [1.54, 1.807) is 49.1 Å². The molecule has 0 saturated carbocycles. The van der Waals surface area contributed by atoms with Crippen LogP contribution in [0.15, 0.2) is 78.9 Å². The highest BCUT2D eigenvalue weighted by atomic mass is 19.4. The van der Waals surface area contributed by atoms with Crippen LogP contribution in [0.1, 0.15) is 23.1 Å². The number of aromatic nitrogens is 2. The van der Waals surface area contributed by atoms with Gasteiger partial charge in [-0.15, -0.1) is 0 Å². The normalized spacial score (nSPS) is 18.8. The highest BCUT2D eigenvalue weighted by Gasteiger charge is 2.50. The minimum absolute atomic E-state index is 0.270. The van der Waals surface area contributed by atoms with E-state index in [-0.39, 0.29) is 11.1 Å². The lowest BCUT2D eigenvalue weighted by Gasteiger charge is -2.29. The van der Waals surface area contributed by atoms with Crippen molar-refractivity contribution in [3.8, 4) is 11.1 Å². The van der Waals surface area contributed by atoms with Crippen LogP contribution in [0.2, 0.25) is 0 Å². The third kappa shape index (κ3) is 3.81. The minimum Gasteiger partial charge on any atom is -0.286 e. The van der Waals surface area contributed by atoms with Gasteiger partial charge in [0.05, 0.1) is 17.1 Å². The van der Waals surface area contributed by atoms with Crippen molar-refractivity contribution >= 4 is 17.7 Å². The number of imide groups is 1. The van der Waals surface area contributed by atoms with E-state index in [4.69, 9.17) is 5.41 Å². The lowest BCUT2D eigenvalue weighted by atomic mass is 9.79. The smallest absolute Gasteiger partial charge is 0.286 e. The third-order valence-electron chi connectivity index (χ3n) is 5.30. The summed E-state index contributed by atoms with van der Waals surface area (Å²) in [5.74, 6) is -1.09. The van der Waals surface area contributed by atoms with Gasteiger partial charge in [0.15, 0.2) is 12.4 Å². The molecule has 1 aliphatic rings. The molecule has 2 amide bonds. The second-order valence-electron chi connectivity index (χ2n) is 7.13. The number of amides is 2. The zero-order valence-corrected chi connectivity index (χ0v) is 16.4. The first kappa shape index (κ1) is 21.1. The van der Waals surface area contributed by atoms with Crippen LogP contribution in [-0.2, 0) is 15.8 Å². The van der Waals surface area contributed by atoms with Crippen LogP contribution >= 0.6 is 0 Å². The van der Waals surface area contributed by atoms with Crippen molar-refractivity contribution in [1.82, 2.24) is 10.3 Å². The van der Waals surface area contributed by atoms with Gasteiger partial charge in [0, 0.05) is 24.5 Å². The quantitative estimate of drug-likeness (QED) is 0.286. The molecular weight excluding hydrogens is 421 g/mol. The summed E-state index contributed by atoms with van der Waals surface area (Å²) in [4.78, 5) is 29.1. The Bertz CT molecular complexity index is 1230. The number of pyridine rings is 2. The lowest BCUT2D eigenvalue weighted by molar-refractivity contribution is -0.711. The molecule has 2 atom stereocenters. The second-order valence-corrected chi connectivity index (χ2v) is 7.13. The number of nitrogens with zero attached hydrogens (tertiary/aromatic N) is 2. The zero-order chi connectivity index (χ0) is 22.9. The molecule has 2 aromatic heterocycles. The van der Waals surface area contributed by atoms with Gasteiger partial charge in [-0.3, -0.25) is 25.3 Å². The molecule has 0 spiro atoms. The summed E-state index contributed by atoms with van der Waals surface area (Å²) in [6.07, 6.45) is 1.66. The largest absolute Gasteiger partial charge is 0.416 e. The highest BCUT2D eigenvalue weighted by Crippen LogP contribution is 2.42. The average Bonchev–Trinajstić information content (AvgIpc) is 2.79. The van der Waals surface area contributed by atoms with E-state index < -0.39 is 35.5 Å². The fourth-order valence-corrected chi connectivity index (χ4v) is 3.86. The molecule has 3 heterocycles. The van der Waals surface area contributed by atoms with Crippen LogP contribution < -0.4 is 9.88 Å². The molecule has 4 rings (SSSR count). The van der Waals surface area contributed by atoms with Gasteiger partial charge in [-0.05, 0) is 40.8 Å². The van der Waals surface area contributed by atoms with E-state index in [0.717, 1.165) is 17.2 Å². The number of carbonyl (C=O) groups excluding carboxylic acids is 2. The standard InChI is InChI=1S/C23H15F3N4O2/c24-23(25,26)18-4-2-1-3-16(18)19-17(13-27)21(31)29-22(32)20(19)30-11-7-15(8-12-30)14-5-9-28-10-6-14/h1-12,19-20,27H/p+1/t19-,20+/m0/s1. The predicted molar refractivity (Wildman–Crippen MR) is 107 cm³/mol. The molecule has 1 fully saturated rings. The van der Waals surface area contributed by atoms with Gasteiger partial charge >= 0.3 is 6.18 Å². The minimum atomic E-state index is -4.71. The molecular formula is C23H16F3N4O2+. The molecule has 160 valence electrons. The summed E-state index contributed by atoms with van der Waals surface area (Å²) in [6, 6.07) is 10.5. The molecule has 2 N–H and O–H groups in total. The number of carbonyl (C=O) groups is 2. The van der Waals surface area contributed by atoms with E-state index >= 15 is 0 Å². The van der Waals surface area contributed by atoms with Gasteiger partial charge in [0.2, 0.25) is 6.04 Å². The number of rotatable bonds is 3. The number of piperidine rings is 1. The molecule has 1 aromatic carbocycles. The second kappa shape index (κ2) is 8.20. The molecule has 1 aliphatic heterocycles. The van der Waals surface area contributed by atoms with Crippen molar-refractivity contribution in [3.63, 3.8) is 0 Å². The molecule has 9 heteroatoms. The van der Waals surface area contributed by atoms with Crippen LogP contribution in [0.3, 0.4) is 0 Å². The molecule has 0 bridgehead atoms. The maximum atomic E-state index is 13.7. The van der Waals surface area contributed by atoms with Crippen molar-refractivity contribution in [1.29, 1.82) is 5.41 Å². The first-order valence-electron chi connectivity index (χ1n) is 9.53. The molecule has 32 heavy (non-hydrogen) atoms. The van der Waals surface area contributed by atoms with Crippen molar-refractivity contribution in [2.75, 3.05) is 0 Å². The van der Waals surface area contributed by atoms with E-state index in [0.29, 0.717) is 0 Å². The number of alkyl halides is 3. The number of halogens is 3. The van der Waals surface area contributed by atoms with Crippen molar-refractivity contribution in [3.05, 3.63) is 90.0 Å². The van der Waals surface area contributed by atoms with E-state index in [2.05, 4.69) is 10.3 Å². The highest BCUT2D eigenvalue weighted by molar-refractivity contribution is 6.13. The topological polar surface area (TPSA) is 86.8 Å². The van der Waals surface area contributed by atoms with E-state index in [1.165, 1.54) is 22.8 Å². The predicted octanol–water partition coefficient (Wildman–Crippen LogP) is 3.21. The summed E-state index contributed by atoms with van der Waals surface area (Å²) in [6.45, 7) is 0. The van der Waals surface area contributed by atoms with Crippen molar-refractivity contribution < 1.29 is 27.3 Å². The Labute approximate surface area is 180 Å². The Balaban J connectivity index is 1.85. The first-order chi connectivity index (χ1) is 15.3. The monoisotopic (exact) mass is 437 g/mol. The van der Waals surface area contributed by atoms with Crippen LogP contribution in [-0.4, -0.2) is 22.7 Å². The van der Waals surface area contributed by atoms with Gasteiger partial charge < -0.3 is 0 Å². The number of nitrogens with one attached hydrogen (secondary N) is 2. The van der Waals surface area contributed by atoms with Crippen molar-refractivity contribution in [2.45, 2.75) is 18.1 Å². The molecule has 6 nitrogen and oxygen atoms in total. The number of hydrogen-bond acceptors (Lipinski definition) is 4. The molecule has 0 unspecified atom stereocenters. The van der Waals surface area contributed by atoms with Crippen LogP contribution in [0.5, 0.6) is 0 Å². The Morgan fingerprint density at radius 2 is 1.59 bits per heavy atom. The Hall–Kier alpha value is -4.10. The molecule has 1 saturated heterocycles. The summed E-state index contributed by atoms with van der Waals surface area (Å²) < 4.78 is 42.6. The van der Waals surface area contributed by atoms with Gasteiger partial charge in [-0.25, -0.2) is 0 Å². The molecule has 3 aromatic rings. The van der Waals surface area contributed by atoms with E-state index in [1.807, 2.05) is 5.87 Å². The van der Waals surface area contributed by atoms with Gasteiger partial charge in [0.25, 0.3) is 11.8 Å². The van der Waals surface area contributed by atoms with Gasteiger partial charge in [-0.2, -0.15) is 17.7 Å². The Morgan fingerprint density at radius 3 is 2.22 bits per heavy atom. The number of benzene rings is 1. The van der Waals surface area contributed by atoms with E-state index in [9.17, 15) is 22.8 Å². The van der Waals surface area contributed by atoms with Crippen LogP contribution in [0, 0.1) is 5.41 Å². The summed E-state index contributed by atoms with van der Waals surface area (Å²) in [5, 5.41) is 9.67. The van der Waals surface area contributed by atoms with Gasteiger partial charge in [0.1, 0.15) is 0 Å². The lowest BCUT2D eigenvalue weighted by Crippen LogP contribution is -2.57.